The van der Waals surface area contributed by atoms with E-state index in [0.717, 1.165) is 23.8 Å². The second-order valence-corrected chi connectivity index (χ2v) is 4.36. The third-order valence-corrected chi connectivity index (χ3v) is 2.90. The van der Waals surface area contributed by atoms with Crippen LogP contribution < -0.4 is 0 Å². The minimum Gasteiger partial charge on any atom is -0.376 e. The first-order valence-corrected chi connectivity index (χ1v) is 5.84. The highest BCUT2D eigenvalue weighted by Gasteiger charge is 2.18. The maximum atomic E-state index is 5.95. The lowest BCUT2D eigenvalue weighted by atomic mass is 10.00. The molecule has 1 atom stereocenters. The lowest BCUT2D eigenvalue weighted by Crippen LogP contribution is -1.96. The fourth-order valence-electron chi connectivity index (χ4n) is 1.89. The summed E-state index contributed by atoms with van der Waals surface area (Å²) < 4.78 is 5.47. The summed E-state index contributed by atoms with van der Waals surface area (Å²) in [5, 5.41) is 0.774. The van der Waals surface area contributed by atoms with E-state index < -0.39 is 0 Å². The van der Waals surface area contributed by atoms with E-state index in [1.54, 1.807) is 0 Å². The number of hydrogen-bond donors (Lipinski definition) is 0. The van der Waals surface area contributed by atoms with Crippen molar-refractivity contribution >= 4 is 17.7 Å². The highest BCUT2D eigenvalue weighted by molar-refractivity contribution is 6.30. The molecule has 1 saturated heterocycles. The summed E-state index contributed by atoms with van der Waals surface area (Å²) in [5.74, 6) is 0.420. The molecular formula is C14H15ClO. The number of hydrogen-bond acceptors (Lipinski definition) is 1. The van der Waals surface area contributed by atoms with Crippen molar-refractivity contribution in [1.82, 2.24) is 0 Å². The summed E-state index contributed by atoms with van der Waals surface area (Å²) in [4.78, 5) is 0. The van der Waals surface area contributed by atoms with Crippen molar-refractivity contribution in [1.29, 1.82) is 0 Å². The summed E-state index contributed by atoms with van der Waals surface area (Å²) in [6, 6.07) is 7.89. The SMILES string of the molecule is C/C=C/[C@H]1COC/C1=C/c1cccc(Cl)c1. The highest BCUT2D eigenvalue weighted by atomic mass is 35.5. The molecule has 2 rings (SSSR count). The summed E-state index contributed by atoms with van der Waals surface area (Å²) in [6.07, 6.45) is 6.43. The molecule has 1 aliphatic heterocycles. The van der Waals surface area contributed by atoms with Gasteiger partial charge in [0.25, 0.3) is 0 Å². The lowest BCUT2D eigenvalue weighted by Gasteiger charge is -2.04. The Kier molecular flexibility index (Phi) is 3.81. The average Bonchev–Trinajstić information content (AvgIpc) is 2.66. The van der Waals surface area contributed by atoms with Crippen LogP contribution in [0.4, 0.5) is 0 Å². The van der Waals surface area contributed by atoms with E-state index in [1.807, 2.05) is 25.1 Å². The van der Waals surface area contributed by atoms with Gasteiger partial charge in [0.1, 0.15) is 0 Å². The molecular weight excluding hydrogens is 220 g/mol. The van der Waals surface area contributed by atoms with Crippen LogP contribution in [0.2, 0.25) is 5.02 Å². The van der Waals surface area contributed by atoms with Crippen molar-refractivity contribution in [2.75, 3.05) is 13.2 Å². The molecule has 0 saturated carbocycles. The second-order valence-electron chi connectivity index (χ2n) is 3.92. The molecule has 0 spiro atoms. The zero-order valence-electron chi connectivity index (χ0n) is 9.32. The van der Waals surface area contributed by atoms with Gasteiger partial charge in [-0.3, -0.25) is 0 Å². The number of allylic oxidation sites excluding steroid dienone is 1. The fourth-order valence-corrected chi connectivity index (χ4v) is 2.09. The van der Waals surface area contributed by atoms with E-state index in [0.29, 0.717) is 5.92 Å². The molecule has 1 heterocycles. The smallest absolute Gasteiger partial charge is 0.0687 e. The molecule has 1 nitrogen and oxygen atoms in total. The molecule has 84 valence electrons. The van der Waals surface area contributed by atoms with Gasteiger partial charge in [-0.2, -0.15) is 0 Å². The first kappa shape index (κ1) is 11.4. The van der Waals surface area contributed by atoms with Gasteiger partial charge < -0.3 is 4.74 Å². The Hall–Kier alpha value is -1.05. The Labute approximate surface area is 101 Å². The first-order valence-electron chi connectivity index (χ1n) is 5.46. The van der Waals surface area contributed by atoms with Crippen LogP contribution in [-0.2, 0) is 4.74 Å². The maximum Gasteiger partial charge on any atom is 0.0687 e. The molecule has 16 heavy (non-hydrogen) atoms. The quantitative estimate of drug-likeness (QED) is 0.705. The Morgan fingerprint density at radius 1 is 1.44 bits per heavy atom. The summed E-state index contributed by atoms with van der Waals surface area (Å²) in [6.45, 7) is 3.55. The number of benzene rings is 1. The highest BCUT2D eigenvalue weighted by Crippen LogP contribution is 2.24. The minimum atomic E-state index is 0.420. The van der Waals surface area contributed by atoms with Crippen LogP contribution in [0.15, 0.2) is 42.0 Å². The topological polar surface area (TPSA) is 9.23 Å². The van der Waals surface area contributed by atoms with Crippen LogP contribution >= 0.6 is 11.6 Å². The van der Waals surface area contributed by atoms with Crippen molar-refractivity contribution < 1.29 is 4.74 Å². The standard InChI is InChI=1S/C14H15ClO/c1-2-4-12-9-16-10-13(12)7-11-5-3-6-14(15)8-11/h2-8,12H,9-10H2,1H3/b4-2+,13-7-/t12-/m0/s1. The predicted octanol–water partition coefficient (Wildman–Crippen LogP) is 3.95. The number of ether oxygens (including phenoxy) is 1. The Morgan fingerprint density at radius 2 is 2.31 bits per heavy atom. The third-order valence-electron chi connectivity index (χ3n) is 2.67. The summed E-state index contributed by atoms with van der Waals surface area (Å²) >= 11 is 5.95. The van der Waals surface area contributed by atoms with Crippen LogP contribution in [0.3, 0.4) is 0 Å². The molecule has 1 aromatic carbocycles. The first-order chi connectivity index (χ1) is 7.79. The Morgan fingerprint density at radius 3 is 3.06 bits per heavy atom. The lowest BCUT2D eigenvalue weighted by molar-refractivity contribution is 0.195. The fraction of sp³-hybridized carbons (Fsp3) is 0.286. The molecule has 0 radical (unpaired) electrons. The molecule has 0 unspecified atom stereocenters. The van der Waals surface area contributed by atoms with Crippen molar-refractivity contribution in [2.24, 2.45) is 5.92 Å². The van der Waals surface area contributed by atoms with Crippen molar-refractivity contribution in [2.45, 2.75) is 6.92 Å². The molecule has 0 N–H and O–H groups in total. The molecule has 0 aromatic heterocycles. The van der Waals surface area contributed by atoms with Gasteiger partial charge in [-0.1, -0.05) is 42.0 Å². The van der Waals surface area contributed by atoms with Gasteiger partial charge in [0.2, 0.25) is 0 Å². The average molecular weight is 235 g/mol. The summed E-state index contributed by atoms with van der Waals surface area (Å²) in [7, 11) is 0. The van der Waals surface area contributed by atoms with Crippen LogP contribution in [0.25, 0.3) is 6.08 Å². The van der Waals surface area contributed by atoms with E-state index >= 15 is 0 Å². The van der Waals surface area contributed by atoms with Crippen LogP contribution in [0.5, 0.6) is 0 Å². The molecule has 1 aliphatic rings. The Bertz CT molecular complexity index is 420. The largest absolute Gasteiger partial charge is 0.376 e. The molecule has 1 aromatic rings. The Balaban J connectivity index is 2.23. The zero-order valence-corrected chi connectivity index (χ0v) is 10.1. The normalized spacial score (nSPS) is 23.4. The van der Waals surface area contributed by atoms with E-state index in [-0.39, 0.29) is 0 Å². The molecule has 0 bridgehead atoms. The van der Waals surface area contributed by atoms with Crippen LogP contribution in [0, 0.1) is 5.92 Å². The minimum absolute atomic E-state index is 0.420. The van der Waals surface area contributed by atoms with Crippen molar-refractivity contribution in [3.63, 3.8) is 0 Å². The second kappa shape index (κ2) is 5.33. The monoisotopic (exact) mass is 234 g/mol. The zero-order chi connectivity index (χ0) is 11.4. The van der Waals surface area contributed by atoms with Gasteiger partial charge in [-0.25, -0.2) is 0 Å². The van der Waals surface area contributed by atoms with Gasteiger partial charge in [0.05, 0.1) is 13.2 Å². The van der Waals surface area contributed by atoms with E-state index in [2.05, 4.69) is 24.3 Å². The van der Waals surface area contributed by atoms with E-state index in [9.17, 15) is 0 Å². The van der Waals surface area contributed by atoms with Gasteiger partial charge in [-0.15, -0.1) is 0 Å². The van der Waals surface area contributed by atoms with Crippen LogP contribution in [-0.4, -0.2) is 13.2 Å². The number of rotatable bonds is 2. The van der Waals surface area contributed by atoms with Crippen molar-refractivity contribution in [3.8, 4) is 0 Å². The molecule has 2 heteroatoms. The van der Waals surface area contributed by atoms with Gasteiger partial charge in [-0.05, 0) is 30.2 Å². The van der Waals surface area contributed by atoms with Crippen molar-refractivity contribution in [3.05, 3.63) is 52.6 Å². The van der Waals surface area contributed by atoms with Gasteiger partial charge >= 0.3 is 0 Å². The maximum absolute atomic E-state index is 5.95. The van der Waals surface area contributed by atoms with E-state index in [4.69, 9.17) is 16.3 Å². The van der Waals surface area contributed by atoms with Gasteiger partial charge in [0, 0.05) is 10.9 Å². The predicted molar refractivity (Wildman–Crippen MR) is 68.6 cm³/mol. The van der Waals surface area contributed by atoms with Gasteiger partial charge in [0.15, 0.2) is 0 Å². The van der Waals surface area contributed by atoms with E-state index in [1.165, 1.54) is 5.57 Å². The third kappa shape index (κ3) is 2.75. The van der Waals surface area contributed by atoms with Crippen LogP contribution in [0.1, 0.15) is 12.5 Å². The summed E-state index contributed by atoms with van der Waals surface area (Å²) in [5.41, 5.74) is 2.46. The molecule has 0 aliphatic carbocycles. The molecule has 0 amide bonds. The molecule has 1 fully saturated rings. The number of halogens is 1.